The highest BCUT2D eigenvalue weighted by atomic mass is 35.5. The normalized spacial score (nSPS) is 10.5. The number of nitrogens with zero attached hydrogens (tertiary/aromatic N) is 1. The van der Waals surface area contributed by atoms with Crippen LogP contribution in [0.3, 0.4) is 0 Å². The zero-order valence-electron chi connectivity index (χ0n) is 10.9. The van der Waals surface area contributed by atoms with E-state index in [1.165, 1.54) is 18.1 Å². The first-order valence-electron chi connectivity index (χ1n) is 5.79. The lowest BCUT2D eigenvalue weighted by atomic mass is 10.2. The van der Waals surface area contributed by atoms with E-state index in [0.29, 0.717) is 11.6 Å². The van der Waals surface area contributed by atoms with Gasteiger partial charge in [-0.05, 0) is 17.7 Å². The fraction of sp³-hybridized carbons (Fsp3) is 0.286. The second kappa shape index (κ2) is 7.59. The number of methoxy groups -OCH3 is 1. The van der Waals surface area contributed by atoms with E-state index in [9.17, 15) is 9.59 Å². The number of halogens is 1. The molecule has 5 heteroatoms. The van der Waals surface area contributed by atoms with Gasteiger partial charge in [-0.3, -0.25) is 9.59 Å². The molecule has 0 aliphatic carbocycles. The summed E-state index contributed by atoms with van der Waals surface area (Å²) < 4.78 is 4.51. The topological polar surface area (TPSA) is 46.6 Å². The molecule has 19 heavy (non-hydrogen) atoms. The summed E-state index contributed by atoms with van der Waals surface area (Å²) in [6.45, 7) is 0.318. The van der Waals surface area contributed by atoms with Gasteiger partial charge in [0, 0.05) is 24.7 Å². The van der Waals surface area contributed by atoms with Gasteiger partial charge in [-0.1, -0.05) is 29.8 Å². The minimum Gasteiger partial charge on any atom is -0.469 e. The third-order valence-corrected chi connectivity index (χ3v) is 2.91. The number of hydrogen-bond donors (Lipinski definition) is 0. The first-order chi connectivity index (χ1) is 9.04. The lowest BCUT2D eigenvalue weighted by molar-refractivity contribution is -0.141. The minimum absolute atomic E-state index is 0.179. The van der Waals surface area contributed by atoms with Crippen molar-refractivity contribution in [1.29, 1.82) is 0 Å². The number of carbonyl (C=O) groups excluding carboxylic acids is 2. The molecule has 0 saturated heterocycles. The number of benzene rings is 1. The van der Waals surface area contributed by atoms with E-state index >= 15 is 0 Å². The summed E-state index contributed by atoms with van der Waals surface area (Å²) in [6.07, 6.45) is 3.26. The van der Waals surface area contributed by atoms with Crippen LogP contribution in [-0.4, -0.2) is 37.5 Å². The maximum Gasteiger partial charge on any atom is 0.307 e. The van der Waals surface area contributed by atoms with Crippen molar-refractivity contribution in [1.82, 2.24) is 4.90 Å². The largest absolute Gasteiger partial charge is 0.469 e. The predicted octanol–water partition coefficient (Wildman–Crippen LogP) is 2.37. The standard InChI is InChI=1S/C14H16ClNO3/c1-16(10-9-14(18)19-2)13(17)8-7-11-5-3-4-6-12(11)15/h3-8H,9-10H2,1-2H3/b8-7+. The van der Waals surface area contributed by atoms with Crippen molar-refractivity contribution in [2.45, 2.75) is 6.42 Å². The molecule has 0 saturated carbocycles. The summed E-state index contributed by atoms with van der Waals surface area (Å²) in [5, 5.41) is 0.587. The van der Waals surface area contributed by atoms with E-state index in [1.54, 1.807) is 19.2 Å². The Kier molecular flexibility index (Phi) is 6.09. The van der Waals surface area contributed by atoms with Crippen LogP contribution in [-0.2, 0) is 14.3 Å². The Bertz CT molecular complexity index is 485. The Morgan fingerprint density at radius 1 is 1.37 bits per heavy atom. The highest BCUT2D eigenvalue weighted by Gasteiger charge is 2.08. The Morgan fingerprint density at radius 3 is 2.68 bits per heavy atom. The van der Waals surface area contributed by atoms with E-state index in [-0.39, 0.29) is 18.3 Å². The smallest absolute Gasteiger partial charge is 0.307 e. The third kappa shape index (κ3) is 5.14. The molecule has 0 unspecified atom stereocenters. The quantitative estimate of drug-likeness (QED) is 0.615. The maximum absolute atomic E-state index is 11.8. The van der Waals surface area contributed by atoms with E-state index in [0.717, 1.165) is 5.56 Å². The number of esters is 1. The molecule has 0 spiro atoms. The molecule has 0 heterocycles. The van der Waals surface area contributed by atoms with Crippen LogP contribution in [0.5, 0.6) is 0 Å². The number of likely N-dealkylation sites (N-methyl/N-ethyl adjacent to an activating group) is 1. The molecule has 0 aliphatic rings. The van der Waals surface area contributed by atoms with Crippen molar-refractivity contribution in [3.63, 3.8) is 0 Å². The molecule has 0 atom stereocenters. The zero-order chi connectivity index (χ0) is 14.3. The molecule has 1 aromatic carbocycles. The van der Waals surface area contributed by atoms with Crippen LogP contribution in [0, 0.1) is 0 Å². The van der Waals surface area contributed by atoms with Gasteiger partial charge in [0.15, 0.2) is 0 Å². The predicted molar refractivity (Wildman–Crippen MR) is 74.8 cm³/mol. The number of carbonyl (C=O) groups is 2. The van der Waals surface area contributed by atoms with Crippen molar-refractivity contribution >= 4 is 29.6 Å². The molecule has 102 valence electrons. The van der Waals surface area contributed by atoms with Crippen LogP contribution >= 0.6 is 11.6 Å². The third-order valence-electron chi connectivity index (χ3n) is 2.57. The van der Waals surface area contributed by atoms with Crippen LogP contribution in [0.15, 0.2) is 30.3 Å². The molecular formula is C14H16ClNO3. The Hall–Kier alpha value is -1.81. The Balaban J connectivity index is 2.55. The molecule has 0 bridgehead atoms. The molecule has 0 N–H and O–H groups in total. The van der Waals surface area contributed by atoms with Crippen molar-refractivity contribution in [3.05, 3.63) is 40.9 Å². The fourth-order valence-corrected chi connectivity index (χ4v) is 1.57. The Labute approximate surface area is 117 Å². The average Bonchev–Trinajstić information content (AvgIpc) is 2.43. The van der Waals surface area contributed by atoms with Gasteiger partial charge in [0.05, 0.1) is 13.5 Å². The van der Waals surface area contributed by atoms with Gasteiger partial charge >= 0.3 is 5.97 Å². The summed E-state index contributed by atoms with van der Waals surface area (Å²) in [5.74, 6) is -0.529. The number of ether oxygens (including phenoxy) is 1. The van der Waals surface area contributed by atoms with Crippen LogP contribution < -0.4 is 0 Å². The molecule has 0 fully saturated rings. The van der Waals surface area contributed by atoms with Crippen LogP contribution in [0.1, 0.15) is 12.0 Å². The first kappa shape index (κ1) is 15.2. The van der Waals surface area contributed by atoms with Gasteiger partial charge in [-0.2, -0.15) is 0 Å². The summed E-state index contributed by atoms with van der Waals surface area (Å²) in [5.41, 5.74) is 0.777. The molecule has 0 aromatic heterocycles. The molecule has 0 aliphatic heterocycles. The van der Waals surface area contributed by atoms with Gasteiger partial charge < -0.3 is 9.64 Å². The van der Waals surface area contributed by atoms with E-state index in [4.69, 9.17) is 11.6 Å². The lowest BCUT2D eigenvalue weighted by Gasteiger charge is -2.13. The number of rotatable bonds is 5. The summed E-state index contributed by atoms with van der Waals surface area (Å²) in [6, 6.07) is 7.24. The Morgan fingerprint density at radius 2 is 2.05 bits per heavy atom. The average molecular weight is 282 g/mol. The molecule has 0 radical (unpaired) electrons. The highest BCUT2D eigenvalue weighted by Crippen LogP contribution is 2.16. The van der Waals surface area contributed by atoms with Gasteiger partial charge in [0.1, 0.15) is 0 Å². The van der Waals surface area contributed by atoms with Crippen molar-refractivity contribution in [2.75, 3.05) is 20.7 Å². The van der Waals surface area contributed by atoms with Crippen molar-refractivity contribution in [2.24, 2.45) is 0 Å². The summed E-state index contributed by atoms with van der Waals surface area (Å²) in [4.78, 5) is 24.2. The minimum atomic E-state index is -0.338. The fourth-order valence-electron chi connectivity index (χ4n) is 1.37. The molecule has 1 aromatic rings. The monoisotopic (exact) mass is 281 g/mol. The van der Waals surface area contributed by atoms with E-state index < -0.39 is 0 Å². The molecule has 1 amide bonds. The van der Waals surface area contributed by atoms with E-state index in [1.807, 2.05) is 18.2 Å². The van der Waals surface area contributed by atoms with Gasteiger partial charge in [0.25, 0.3) is 0 Å². The van der Waals surface area contributed by atoms with Gasteiger partial charge in [-0.25, -0.2) is 0 Å². The van der Waals surface area contributed by atoms with Crippen LogP contribution in [0.4, 0.5) is 0 Å². The second-order valence-electron chi connectivity index (χ2n) is 3.94. The first-order valence-corrected chi connectivity index (χ1v) is 6.17. The highest BCUT2D eigenvalue weighted by molar-refractivity contribution is 6.32. The van der Waals surface area contributed by atoms with Gasteiger partial charge in [0.2, 0.25) is 5.91 Å². The second-order valence-corrected chi connectivity index (χ2v) is 4.35. The number of amides is 1. The molecule has 4 nitrogen and oxygen atoms in total. The number of hydrogen-bond acceptors (Lipinski definition) is 3. The SMILES string of the molecule is COC(=O)CCN(C)C(=O)/C=C/c1ccccc1Cl. The van der Waals surface area contributed by atoms with Crippen LogP contribution in [0.25, 0.3) is 6.08 Å². The van der Waals surface area contributed by atoms with Crippen LogP contribution in [0.2, 0.25) is 5.02 Å². The lowest BCUT2D eigenvalue weighted by Crippen LogP contribution is -2.27. The zero-order valence-corrected chi connectivity index (χ0v) is 11.7. The molecule has 1 rings (SSSR count). The molecular weight excluding hydrogens is 266 g/mol. The van der Waals surface area contributed by atoms with E-state index in [2.05, 4.69) is 4.74 Å². The summed E-state index contributed by atoms with van der Waals surface area (Å²) >= 11 is 5.97. The van der Waals surface area contributed by atoms with Crippen molar-refractivity contribution < 1.29 is 14.3 Å². The maximum atomic E-state index is 11.8. The summed E-state index contributed by atoms with van der Waals surface area (Å²) in [7, 11) is 2.95. The van der Waals surface area contributed by atoms with Gasteiger partial charge in [-0.15, -0.1) is 0 Å². The van der Waals surface area contributed by atoms with Crippen molar-refractivity contribution in [3.8, 4) is 0 Å².